The summed E-state index contributed by atoms with van der Waals surface area (Å²) in [5, 5.41) is 3.61. The van der Waals surface area contributed by atoms with Gasteiger partial charge >= 0.3 is 0 Å². The molecule has 0 aliphatic carbocycles. The number of halogens is 1. The van der Waals surface area contributed by atoms with Crippen molar-refractivity contribution in [2.24, 2.45) is 0 Å². The van der Waals surface area contributed by atoms with Crippen molar-refractivity contribution in [1.29, 1.82) is 0 Å². The number of carbonyl (C=O) groups is 2. The summed E-state index contributed by atoms with van der Waals surface area (Å²) in [5.74, 6) is -0.0106. The molecule has 1 atom stereocenters. The van der Waals surface area contributed by atoms with Crippen molar-refractivity contribution >= 4 is 29.1 Å². The zero-order valence-electron chi connectivity index (χ0n) is 13.5. The van der Waals surface area contributed by atoms with E-state index in [0.29, 0.717) is 17.0 Å². The molecule has 1 N–H and O–H groups in total. The number of amides is 2. The van der Waals surface area contributed by atoms with E-state index < -0.39 is 0 Å². The molecular formula is C19H19ClN2O2. The second-order valence-electron chi connectivity index (χ2n) is 5.95. The maximum Gasteiger partial charge on any atom is 0.251 e. The highest BCUT2D eigenvalue weighted by atomic mass is 35.5. The summed E-state index contributed by atoms with van der Waals surface area (Å²) in [5.41, 5.74) is 2.37. The molecule has 2 aromatic rings. The van der Waals surface area contributed by atoms with Crippen molar-refractivity contribution in [2.45, 2.75) is 25.8 Å². The number of benzene rings is 2. The predicted octanol–water partition coefficient (Wildman–Crippen LogP) is 3.96. The first-order valence-electron chi connectivity index (χ1n) is 8.01. The molecule has 0 aromatic heterocycles. The first-order chi connectivity index (χ1) is 11.5. The molecule has 1 aliphatic rings. The number of rotatable bonds is 4. The lowest BCUT2D eigenvalue weighted by molar-refractivity contribution is -0.117. The molecule has 0 unspecified atom stereocenters. The van der Waals surface area contributed by atoms with Crippen molar-refractivity contribution in [3.63, 3.8) is 0 Å². The normalized spacial score (nSPS) is 15.4. The SMILES string of the molecule is C[C@H](NC(=O)c1ccc(N2CCCC2=O)cc1)c1cccc(Cl)c1. The number of anilines is 1. The van der Waals surface area contributed by atoms with E-state index in [0.717, 1.165) is 24.2 Å². The molecule has 0 bridgehead atoms. The molecule has 2 amide bonds. The van der Waals surface area contributed by atoms with Gasteiger partial charge in [-0.3, -0.25) is 9.59 Å². The Kier molecular flexibility index (Phi) is 4.86. The summed E-state index contributed by atoms with van der Waals surface area (Å²) < 4.78 is 0. The first-order valence-corrected chi connectivity index (χ1v) is 8.39. The number of nitrogens with zero attached hydrogens (tertiary/aromatic N) is 1. The van der Waals surface area contributed by atoms with Crippen LogP contribution in [0.15, 0.2) is 48.5 Å². The maximum atomic E-state index is 12.4. The van der Waals surface area contributed by atoms with Crippen LogP contribution in [0.4, 0.5) is 5.69 Å². The first kappa shape index (κ1) is 16.5. The number of carbonyl (C=O) groups excluding carboxylic acids is 2. The Morgan fingerprint density at radius 2 is 1.96 bits per heavy atom. The monoisotopic (exact) mass is 342 g/mol. The van der Waals surface area contributed by atoms with Gasteiger partial charge in [0.25, 0.3) is 5.91 Å². The van der Waals surface area contributed by atoms with Crippen LogP contribution < -0.4 is 10.2 Å². The third-order valence-corrected chi connectivity index (χ3v) is 4.45. The lowest BCUT2D eigenvalue weighted by Crippen LogP contribution is -2.27. The van der Waals surface area contributed by atoms with E-state index >= 15 is 0 Å². The number of nitrogens with one attached hydrogen (secondary N) is 1. The Bertz CT molecular complexity index is 758. The minimum atomic E-state index is -0.151. The fourth-order valence-corrected chi connectivity index (χ4v) is 3.05. The number of hydrogen-bond donors (Lipinski definition) is 1. The van der Waals surface area contributed by atoms with E-state index in [1.165, 1.54) is 0 Å². The highest BCUT2D eigenvalue weighted by Gasteiger charge is 2.21. The topological polar surface area (TPSA) is 49.4 Å². The fraction of sp³-hybridized carbons (Fsp3) is 0.263. The van der Waals surface area contributed by atoms with Crippen molar-refractivity contribution in [3.8, 4) is 0 Å². The minimum absolute atomic E-state index is 0.141. The second kappa shape index (κ2) is 7.05. The van der Waals surface area contributed by atoms with E-state index in [1.54, 1.807) is 23.1 Å². The minimum Gasteiger partial charge on any atom is -0.346 e. The largest absolute Gasteiger partial charge is 0.346 e. The Morgan fingerprint density at radius 3 is 2.58 bits per heavy atom. The van der Waals surface area contributed by atoms with Crippen molar-refractivity contribution in [1.82, 2.24) is 5.32 Å². The summed E-state index contributed by atoms with van der Waals surface area (Å²) in [7, 11) is 0. The van der Waals surface area contributed by atoms with E-state index in [2.05, 4.69) is 5.32 Å². The van der Waals surface area contributed by atoms with Gasteiger partial charge in [-0.25, -0.2) is 0 Å². The van der Waals surface area contributed by atoms with Gasteiger partial charge in [0.1, 0.15) is 0 Å². The Balaban J connectivity index is 1.68. The van der Waals surface area contributed by atoms with Crippen LogP contribution in [-0.2, 0) is 4.79 Å². The Hall–Kier alpha value is -2.33. The lowest BCUT2D eigenvalue weighted by atomic mass is 10.1. The van der Waals surface area contributed by atoms with Gasteiger partial charge in [-0.15, -0.1) is 0 Å². The molecule has 2 aromatic carbocycles. The molecule has 1 heterocycles. The summed E-state index contributed by atoms with van der Waals surface area (Å²) in [4.78, 5) is 25.9. The molecule has 4 nitrogen and oxygen atoms in total. The third-order valence-electron chi connectivity index (χ3n) is 4.21. The smallest absolute Gasteiger partial charge is 0.251 e. The van der Waals surface area contributed by atoms with Crippen LogP contribution >= 0.6 is 11.6 Å². The number of hydrogen-bond acceptors (Lipinski definition) is 2. The zero-order chi connectivity index (χ0) is 17.1. The van der Waals surface area contributed by atoms with Gasteiger partial charge in [-0.05, 0) is 55.3 Å². The molecule has 1 aliphatic heterocycles. The predicted molar refractivity (Wildman–Crippen MR) is 95.4 cm³/mol. The summed E-state index contributed by atoms with van der Waals surface area (Å²) in [6.07, 6.45) is 1.48. The molecule has 0 radical (unpaired) electrons. The van der Waals surface area contributed by atoms with Gasteiger partial charge in [0, 0.05) is 29.2 Å². The van der Waals surface area contributed by atoms with Crippen LogP contribution in [0.3, 0.4) is 0 Å². The van der Waals surface area contributed by atoms with Gasteiger partial charge in [0.2, 0.25) is 5.91 Å². The van der Waals surface area contributed by atoms with Crippen LogP contribution in [0.2, 0.25) is 5.02 Å². The van der Waals surface area contributed by atoms with Crippen LogP contribution in [0.5, 0.6) is 0 Å². The van der Waals surface area contributed by atoms with Crippen molar-refractivity contribution < 1.29 is 9.59 Å². The summed E-state index contributed by atoms with van der Waals surface area (Å²) in [6.45, 7) is 2.66. The average molecular weight is 343 g/mol. The van der Waals surface area contributed by atoms with Crippen LogP contribution in [0, 0.1) is 0 Å². The van der Waals surface area contributed by atoms with E-state index in [1.807, 2.05) is 37.3 Å². The lowest BCUT2D eigenvalue weighted by Gasteiger charge is -2.17. The van der Waals surface area contributed by atoms with Gasteiger partial charge in [-0.2, -0.15) is 0 Å². The maximum absolute atomic E-state index is 12.4. The van der Waals surface area contributed by atoms with Gasteiger partial charge < -0.3 is 10.2 Å². The quantitative estimate of drug-likeness (QED) is 0.914. The van der Waals surface area contributed by atoms with Gasteiger partial charge in [0.05, 0.1) is 6.04 Å². The molecule has 5 heteroatoms. The highest BCUT2D eigenvalue weighted by molar-refractivity contribution is 6.30. The second-order valence-corrected chi connectivity index (χ2v) is 6.38. The molecule has 0 saturated carbocycles. The van der Waals surface area contributed by atoms with Crippen LogP contribution in [-0.4, -0.2) is 18.4 Å². The van der Waals surface area contributed by atoms with Crippen LogP contribution in [0.25, 0.3) is 0 Å². The van der Waals surface area contributed by atoms with Gasteiger partial charge in [-0.1, -0.05) is 23.7 Å². The van der Waals surface area contributed by atoms with Crippen LogP contribution in [0.1, 0.15) is 41.7 Å². The van der Waals surface area contributed by atoms with E-state index in [-0.39, 0.29) is 17.9 Å². The van der Waals surface area contributed by atoms with E-state index in [4.69, 9.17) is 11.6 Å². The molecule has 124 valence electrons. The molecule has 0 spiro atoms. The highest BCUT2D eigenvalue weighted by Crippen LogP contribution is 2.22. The molecular weight excluding hydrogens is 324 g/mol. The molecule has 24 heavy (non-hydrogen) atoms. The molecule has 3 rings (SSSR count). The van der Waals surface area contributed by atoms with Crippen molar-refractivity contribution in [2.75, 3.05) is 11.4 Å². The average Bonchev–Trinajstić information content (AvgIpc) is 3.01. The van der Waals surface area contributed by atoms with Gasteiger partial charge in [0.15, 0.2) is 0 Å². The molecule has 1 saturated heterocycles. The van der Waals surface area contributed by atoms with E-state index in [9.17, 15) is 9.59 Å². The summed E-state index contributed by atoms with van der Waals surface area (Å²) >= 11 is 5.99. The standard InChI is InChI=1S/C19H19ClN2O2/c1-13(15-4-2-5-16(20)12-15)21-19(24)14-7-9-17(10-8-14)22-11-3-6-18(22)23/h2,4-5,7-10,12-13H,3,6,11H2,1H3,(H,21,24)/t13-/m0/s1. The Morgan fingerprint density at radius 1 is 1.21 bits per heavy atom. The molecule has 1 fully saturated rings. The summed E-state index contributed by atoms with van der Waals surface area (Å²) in [6, 6.07) is 14.4. The third kappa shape index (κ3) is 3.60. The Labute approximate surface area is 146 Å². The van der Waals surface area contributed by atoms with Crippen molar-refractivity contribution in [3.05, 3.63) is 64.7 Å². The fourth-order valence-electron chi connectivity index (χ4n) is 2.85. The zero-order valence-corrected chi connectivity index (χ0v) is 14.2.